The number of hydrogen-bond acceptors (Lipinski definition) is 3. The first-order valence-corrected chi connectivity index (χ1v) is 7.87. The van der Waals surface area contributed by atoms with Crippen LogP contribution in [0.5, 0.6) is 0 Å². The Morgan fingerprint density at radius 3 is 2.81 bits per heavy atom. The molecule has 21 heavy (non-hydrogen) atoms. The maximum atomic E-state index is 10.8. The first-order valence-electron chi connectivity index (χ1n) is 7.87. The van der Waals surface area contributed by atoms with Gasteiger partial charge in [0.15, 0.2) is 0 Å². The molecule has 0 radical (unpaired) electrons. The van der Waals surface area contributed by atoms with Crippen LogP contribution in [0, 0.1) is 5.92 Å². The maximum absolute atomic E-state index is 10.8. The van der Waals surface area contributed by atoms with Gasteiger partial charge in [0.2, 0.25) is 0 Å². The number of carbonyl (C=O) groups is 1. The largest absolute Gasteiger partial charge is 0.480 e. The normalized spacial score (nSPS) is 19.8. The van der Waals surface area contributed by atoms with Gasteiger partial charge in [-0.15, -0.1) is 0 Å². The van der Waals surface area contributed by atoms with Gasteiger partial charge in [0.05, 0.1) is 6.54 Å². The first-order chi connectivity index (χ1) is 10.2. The SMILES string of the molecule is CCN(Cc1ccccc1)C[C@H]1CCCN(CC(=O)O)C1. The lowest BCUT2D eigenvalue weighted by atomic mass is 9.97. The fraction of sp³-hybridized carbons (Fsp3) is 0.588. The zero-order valence-electron chi connectivity index (χ0n) is 12.9. The molecule has 0 amide bonds. The molecule has 1 heterocycles. The molecule has 1 aliphatic heterocycles. The molecule has 0 bridgehead atoms. The van der Waals surface area contributed by atoms with Gasteiger partial charge in [0, 0.05) is 19.6 Å². The molecule has 0 aliphatic carbocycles. The van der Waals surface area contributed by atoms with E-state index in [0.717, 1.165) is 39.1 Å². The van der Waals surface area contributed by atoms with Crippen molar-refractivity contribution in [2.24, 2.45) is 5.92 Å². The molecule has 0 saturated carbocycles. The summed E-state index contributed by atoms with van der Waals surface area (Å²) in [6, 6.07) is 10.5. The Labute approximate surface area is 127 Å². The average Bonchev–Trinajstić information content (AvgIpc) is 2.47. The minimum atomic E-state index is -0.715. The lowest BCUT2D eigenvalue weighted by molar-refractivity contribution is -0.138. The quantitative estimate of drug-likeness (QED) is 0.837. The van der Waals surface area contributed by atoms with Crippen molar-refractivity contribution >= 4 is 5.97 Å². The van der Waals surface area contributed by atoms with Crippen molar-refractivity contribution in [2.45, 2.75) is 26.3 Å². The van der Waals surface area contributed by atoms with E-state index >= 15 is 0 Å². The zero-order chi connectivity index (χ0) is 15.1. The van der Waals surface area contributed by atoms with Crippen molar-refractivity contribution in [3.05, 3.63) is 35.9 Å². The van der Waals surface area contributed by atoms with Gasteiger partial charge in [-0.3, -0.25) is 14.6 Å². The monoisotopic (exact) mass is 290 g/mol. The second kappa shape index (κ2) is 8.15. The number of aliphatic carboxylic acids is 1. The zero-order valence-corrected chi connectivity index (χ0v) is 12.9. The molecule has 4 heteroatoms. The predicted octanol–water partition coefficient (Wildman–Crippen LogP) is 2.31. The van der Waals surface area contributed by atoms with Crippen LogP contribution in [0.15, 0.2) is 30.3 Å². The van der Waals surface area contributed by atoms with Crippen molar-refractivity contribution < 1.29 is 9.90 Å². The molecule has 1 aromatic rings. The Hall–Kier alpha value is -1.39. The van der Waals surface area contributed by atoms with Crippen LogP contribution >= 0.6 is 0 Å². The summed E-state index contributed by atoms with van der Waals surface area (Å²) in [5.41, 5.74) is 1.34. The van der Waals surface area contributed by atoms with Crippen molar-refractivity contribution in [1.82, 2.24) is 9.80 Å². The summed E-state index contributed by atoms with van der Waals surface area (Å²) in [5.74, 6) is -0.131. The lowest BCUT2D eigenvalue weighted by Gasteiger charge is -2.34. The Balaban J connectivity index is 1.84. The number of carboxylic acid groups (broad SMARTS) is 1. The smallest absolute Gasteiger partial charge is 0.317 e. The maximum Gasteiger partial charge on any atom is 0.317 e. The molecular formula is C17H26N2O2. The molecule has 1 aliphatic rings. The van der Waals surface area contributed by atoms with Crippen molar-refractivity contribution in [3.8, 4) is 0 Å². The summed E-state index contributed by atoms with van der Waals surface area (Å²) in [6.07, 6.45) is 2.32. The molecule has 1 atom stereocenters. The summed E-state index contributed by atoms with van der Waals surface area (Å²) < 4.78 is 0. The van der Waals surface area contributed by atoms with Crippen LogP contribution in [-0.4, -0.2) is 53.6 Å². The van der Waals surface area contributed by atoms with E-state index < -0.39 is 5.97 Å². The highest BCUT2D eigenvalue weighted by molar-refractivity contribution is 5.69. The van der Waals surface area contributed by atoms with Gasteiger partial charge in [-0.2, -0.15) is 0 Å². The van der Waals surface area contributed by atoms with Crippen molar-refractivity contribution in [1.29, 1.82) is 0 Å². The molecule has 0 unspecified atom stereocenters. The highest BCUT2D eigenvalue weighted by atomic mass is 16.4. The van der Waals surface area contributed by atoms with E-state index in [1.165, 1.54) is 12.0 Å². The molecule has 116 valence electrons. The van der Waals surface area contributed by atoms with Gasteiger partial charge >= 0.3 is 5.97 Å². The third-order valence-corrected chi connectivity index (χ3v) is 4.17. The molecule has 0 spiro atoms. The Morgan fingerprint density at radius 1 is 1.38 bits per heavy atom. The van der Waals surface area contributed by atoms with E-state index in [2.05, 4.69) is 41.0 Å². The molecular weight excluding hydrogens is 264 g/mol. The number of nitrogens with zero attached hydrogens (tertiary/aromatic N) is 2. The number of piperidine rings is 1. The second-order valence-corrected chi connectivity index (χ2v) is 5.95. The number of rotatable bonds is 7. The fourth-order valence-electron chi connectivity index (χ4n) is 3.15. The van der Waals surface area contributed by atoms with E-state index in [-0.39, 0.29) is 6.54 Å². The van der Waals surface area contributed by atoms with Crippen LogP contribution in [0.1, 0.15) is 25.3 Å². The van der Waals surface area contributed by atoms with E-state index in [9.17, 15) is 4.79 Å². The van der Waals surface area contributed by atoms with Crippen LogP contribution in [0.25, 0.3) is 0 Å². The van der Waals surface area contributed by atoms with Crippen LogP contribution in [0.4, 0.5) is 0 Å². The van der Waals surface area contributed by atoms with Gasteiger partial charge < -0.3 is 5.11 Å². The first kappa shape index (κ1) is 16.0. The summed E-state index contributed by atoms with van der Waals surface area (Å²) in [6.45, 7) is 7.28. The van der Waals surface area contributed by atoms with Crippen LogP contribution < -0.4 is 0 Å². The third kappa shape index (κ3) is 5.48. The minimum absolute atomic E-state index is 0.182. The highest BCUT2D eigenvalue weighted by Crippen LogP contribution is 2.18. The number of carboxylic acids is 1. The lowest BCUT2D eigenvalue weighted by Crippen LogP contribution is -2.42. The summed E-state index contributed by atoms with van der Waals surface area (Å²) >= 11 is 0. The number of likely N-dealkylation sites (tertiary alicyclic amines) is 1. The van der Waals surface area contributed by atoms with Gasteiger partial charge in [0.25, 0.3) is 0 Å². The summed E-state index contributed by atoms with van der Waals surface area (Å²) in [5, 5.41) is 8.92. The Morgan fingerprint density at radius 2 is 2.14 bits per heavy atom. The van der Waals surface area contributed by atoms with Gasteiger partial charge in [0.1, 0.15) is 0 Å². The molecule has 1 fully saturated rings. The van der Waals surface area contributed by atoms with Crippen molar-refractivity contribution in [2.75, 3.05) is 32.7 Å². The molecule has 0 aromatic heterocycles. The van der Waals surface area contributed by atoms with E-state index in [1.54, 1.807) is 0 Å². The predicted molar refractivity (Wildman–Crippen MR) is 84.2 cm³/mol. The summed E-state index contributed by atoms with van der Waals surface area (Å²) in [4.78, 5) is 15.4. The van der Waals surface area contributed by atoms with Crippen LogP contribution in [0.3, 0.4) is 0 Å². The average molecular weight is 290 g/mol. The fourth-order valence-corrected chi connectivity index (χ4v) is 3.15. The minimum Gasteiger partial charge on any atom is -0.480 e. The number of hydrogen-bond donors (Lipinski definition) is 1. The molecule has 2 rings (SSSR count). The van der Waals surface area contributed by atoms with Gasteiger partial charge in [-0.05, 0) is 37.4 Å². The van der Waals surface area contributed by atoms with Gasteiger partial charge in [-0.25, -0.2) is 0 Å². The molecule has 1 aromatic carbocycles. The van der Waals surface area contributed by atoms with Crippen LogP contribution in [0.2, 0.25) is 0 Å². The van der Waals surface area contributed by atoms with E-state index in [0.29, 0.717) is 5.92 Å². The van der Waals surface area contributed by atoms with E-state index in [1.807, 2.05) is 6.07 Å². The van der Waals surface area contributed by atoms with Crippen LogP contribution in [-0.2, 0) is 11.3 Å². The third-order valence-electron chi connectivity index (χ3n) is 4.17. The topological polar surface area (TPSA) is 43.8 Å². The molecule has 4 nitrogen and oxygen atoms in total. The highest BCUT2D eigenvalue weighted by Gasteiger charge is 2.22. The molecule has 1 N–H and O–H groups in total. The second-order valence-electron chi connectivity index (χ2n) is 5.95. The standard InChI is InChI=1S/C17H26N2O2/c1-2-18(11-15-7-4-3-5-8-15)12-16-9-6-10-19(13-16)14-17(20)21/h3-5,7-8,16H,2,6,9-14H2,1H3,(H,20,21)/t16-/m1/s1. The summed E-state index contributed by atoms with van der Waals surface area (Å²) in [7, 11) is 0. The van der Waals surface area contributed by atoms with Gasteiger partial charge in [-0.1, -0.05) is 37.3 Å². The number of benzene rings is 1. The van der Waals surface area contributed by atoms with Crippen molar-refractivity contribution in [3.63, 3.8) is 0 Å². The molecule has 1 saturated heterocycles. The Kier molecular flexibility index (Phi) is 6.21. The van der Waals surface area contributed by atoms with E-state index in [4.69, 9.17) is 5.11 Å². The Bertz CT molecular complexity index is 436.